The Morgan fingerprint density at radius 2 is 1.71 bits per heavy atom. The van der Waals surface area contributed by atoms with Crippen LogP contribution in [-0.2, 0) is 6.42 Å². The van der Waals surface area contributed by atoms with Crippen LogP contribution in [0.15, 0.2) is 42.7 Å². The number of hydrogen-bond donors (Lipinski definition) is 3. The Hall–Kier alpha value is -4.21. The van der Waals surface area contributed by atoms with E-state index in [-0.39, 0.29) is 29.4 Å². The molecule has 3 aromatic rings. The van der Waals surface area contributed by atoms with Crippen LogP contribution in [0.1, 0.15) is 94.8 Å². The molecule has 0 atom stereocenters. The number of benzene rings is 1. The number of rotatable bonds is 8. The number of carbonyl (C=O) groups excluding carboxylic acids is 3. The molecule has 3 amide bonds. The molecule has 10 nitrogen and oxygen atoms in total. The van der Waals surface area contributed by atoms with Crippen LogP contribution in [0.4, 0.5) is 5.69 Å². The minimum Gasteiger partial charge on any atom is -0.382 e. The van der Waals surface area contributed by atoms with Gasteiger partial charge in [0, 0.05) is 54.2 Å². The molecule has 3 heterocycles. The Balaban J connectivity index is 1.20. The number of primary amides is 1. The zero-order chi connectivity index (χ0) is 29.6. The van der Waals surface area contributed by atoms with Crippen LogP contribution in [0.5, 0.6) is 0 Å². The molecule has 6 rings (SSSR count). The number of pyridine rings is 1. The average Bonchev–Trinajstić information content (AvgIpc) is 3.73. The summed E-state index contributed by atoms with van der Waals surface area (Å²) in [5.74, 6) is 0.0605. The lowest BCUT2D eigenvalue weighted by Gasteiger charge is -2.42. The third kappa shape index (κ3) is 5.49. The van der Waals surface area contributed by atoms with E-state index in [1.807, 2.05) is 28.6 Å². The van der Waals surface area contributed by atoms with Crippen molar-refractivity contribution >= 4 is 23.4 Å². The second kappa shape index (κ2) is 10.9. The van der Waals surface area contributed by atoms with Crippen LogP contribution in [0.25, 0.3) is 5.69 Å². The highest BCUT2D eigenvalue weighted by Gasteiger charge is 2.43. The summed E-state index contributed by atoms with van der Waals surface area (Å²) in [4.78, 5) is 44.6. The fourth-order valence-electron chi connectivity index (χ4n) is 6.41. The largest absolute Gasteiger partial charge is 0.382 e. The Labute approximate surface area is 246 Å². The van der Waals surface area contributed by atoms with Gasteiger partial charge in [-0.25, -0.2) is 4.68 Å². The quantitative estimate of drug-likeness (QED) is 0.375. The molecule has 2 aromatic heterocycles. The third-order valence-electron chi connectivity index (χ3n) is 8.96. The highest BCUT2D eigenvalue weighted by Crippen LogP contribution is 2.38. The summed E-state index contributed by atoms with van der Waals surface area (Å²) in [7, 11) is 0. The molecule has 4 N–H and O–H groups in total. The van der Waals surface area contributed by atoms with E-state index < -0.39 is 5.91 Å². The smallest absolute Gasteiger partial charge is 0.258 e. The maximum Gasteiger partial charge on any atom is 0.258 e. The molecule has 1 aliphatic heterocycles. The van der Waals surface area contributed by atoms with Gasteiger partial charge in [-0.3, -0.25) is 19.4 Å². The molecule has 2 saturated carbocycles. The zero-order valence-electron chi connectivity index (χ0n) is 24.5. The van der Waals surface area contributed by atoms with Crippen molar-refractivity contribution in [3.8, 4) is 5.69 Å². The normalized spacial score (nSPS) is 21.5. The summed E-state index contributed by atoms with van der Waals surface area (Å²) in [5.41, 5.74) is 10.2. The minimum absolute atomic E-state index is 0.0526. The van der Waals surface area contributed by atoms with E-state index >= 15 is 0 Å². The number of aromatic nitrogens is 3. The van der Waals surface area contributed by atoms with Crippen molar-refractivity contribution in [1.82, 2.24) is 25.0 Å². The molecule has 0 unspecified atom stereocenters. The summed E-state index contributed by atoms with van der Waals surface area (Å²) >= 11 is 0. The zero-order valence-corrected chi connectivity index (χ0v) is 24.5. The molecular formula is C32H39N7O3. The lowest BCUT2D eigenvalue weighted by atomic mass is 9.87. The van der Waals surface area contributed by atoms with Crippen LogP contribution in [0.2, 0.25) is 0 Å². The molecule has 0 radical (unpaired) electrons. The van der Waals surface area contributed by atoms with Gasteiger partial charge in [0.15, 0.2) is 0 Å². The fraction of sp³-hybridized carbons (Fsp3) is 0.469. The van der Waals surface area contributed by atoms with E-state index in [2.05, 4.69) is 29.5 Å². The summed E-state index contributed by atoms with van der Waals surface area (Å²) in [6.45, 7) is 6.94. The third-order valence-corrected chi connectivity index (χ3v) is 8.96. The molecule has 220 valence electrons. The molecule has 1 aromatic carbocycles. The van der Waals surface area contributed by atoms with Crippen molar-refractivity contribution in [3.05, 3.63) is 70.8 Å². The standard InChI is InChI=1S/C32H39N7O3/c1-19-28-27(17-32(2,3)38(31(28)42)18-20-4-5-20)39(37-19)24-10-11-25(29(33)40)26(16-24)35-22-6-8-23(9-7-22)36-30(41)21-12-14-34-15-13-21/h10-16,20,22-23,35H,4-9,17-18H2,1-3H3,(H2,33,40)(H,36,41). The first kappa shape index (κ1) is 27.9. The van der Waals surface area contributed by atoms with E-state index in [4.69, 9.17) is 10.8 Å². The van der Waals surface area contributed by atoms with Crippen LogP contribution in [0, 0.1) is 12.8 Å². The maximum absolute atomic E-state index is 13.7. The Kier molecular flexibility index (Phi) is 7.24. The number of fused-ring (bicyclic) bond motifs is 1. The number of nitrogens with two attached hydrogens (primary N) is 1. The van der Waals surface area contributed by atoms with Crippen LogP contribution < -0.4 is 16.4 Å². The molecular weight excluding hydrogens is 530 g/mol. The topological polar surface area (TPSA) is 135 Å². The van der Waals surface area contributed by atoms with Gasteiger partial charge in [-0.05, 0) is 95.5 Å². The predicted molar refractivity (Wildman–Crippen MR) is 160 cm³/mol. The number of carbonyl (C=O) groups is 3. The van der Waals surface area contributed by atoms with Gasteiger partial charge in [0.25, 0.3) is 17.7 Å². The van der Waals surface area contributed by atoms with Crippen LogP contribution in [-0.4, -0.2) is 61.6 Å². The predicted octanol–water partition coefficient (Wildman–Crippen LogP) is 4.01. The van der Waals surface area contributed by atoms with Gasteiger partial charge in [0.1, 0.15) is 0 Å². The summed E-state index contributed by atoms with van der Waals surface area (Å²) in [6.07, 6.45) is 9.60. The van der Waals surface area contributed by atoms with Crippen molar-refractivity contribution in [1.29, 1.82) is 0 Å². The molecule has 10 heteroatoms. The lowest BCUT2D eigenvalue weighted by molar-refractivity contribution is 0.0487. The number of nitrogens with one attached hydrogen (secondary N) is 2. The van der Waals surface area contributed by atoms with Crippen molar-refractivity contribution < 1.29 is 14.4 Å². The molecule has 0 spiro atoms. The second-order valence-corrected chi connectivity index (χ2v) is 12.7. The van der Waals surface area contributed by atoms with Gasteiger partial charge in [-0.1, -0.05) is 0 Å². The van der Waals surface area contributed by atoms with Gasteiger partial charge in [0.05, 0.1) is 28.2 Å². The maximum atomic E-state index is 13.7. The van der Waals surface area contributed by atoms with Gasteiger partial charge in [0.2, 0.25) is 0 Å². The summed E-state index contributed by atoms with van der Waals surface area (Å²) in [5, 5.41) is 11.5. The average molecular weight is 570 g/mol. The van der Waals surface area contributed by atoms with Gasteiger partial charge >= 0.3 is 0 Å². The Bertz CT molecular complexity index is 1520. The van der Waals surface area contributed by atoms with Crippen molar-refractivity contribution in [3.63, 3.8) is 0 Å². The van der Waals surface area contributed by atoms with Crippen molar-refractivity contribution in [2.45, 2.75) is 83.3 Å². The number of amides is 3. The van der Waals surface area contributed by atoms with E-state index in [9.17, 15) is 14.4 Å². The van der Waals surface area contributed by atoms with Gasteiger partial charge in [-0.2, -0.15) is 5.10 Å². The van der Waals surface area contributed by atoms with E-state index in [0.717, 1.165) is 43.6 Å². The molecule has 0 saturated heterocycles. The molecule has 3 aliphatic rings. The number of nitrogens with zero attached hydrogens (tertiary/aromatic N) is 4. The van der Waals surface area contributed by atoms with E-state index in [1.165, 1.54) is 12.8 Å². The first-order valence-electron chi connectivity index (χ1n) is 14.9. The van der Waals surface area contributed by atoms with Gasteiger partial charge in [-0.15, -0.1) is 0 Å². The molecule has 2 aliphatic carbocycles. The van der Waals surface area contributed by atoms with E-state index in [0.29, 0.717) is 40.4 Å². The first-order valence-corrected chi connectivity index (χ1v) is 14.9. The lowest BCUT2D eigenvalue weighted by Crippen LogP contribution is -2.53. The Morgan fingerprint density at radius 1 is 1.02 bits per heavy atom. The van der Waals surface area contributed by atoms with Crippen molar-refractivity contribution in [2.24, 2.45) is 11.7 Å². The second-order valence-electron chi connectivity index (χ2n) is 12.7. The SMILES string of the molecule is Cc1nn(-c2ccc(C(N)=O)c(NC3CCC(NC(=O)c4ccncc4)CC3)c2)c2c1C(=O)N(CC1CC1)C(C)(C)C2. The van der Waals surface area contributed by atoms with Gasteiger partial charge < -0.3 is 21.3 Å². The summed E-state index contributed by atoms with van der Waals surface area (Å²) in [6, 6.07) is 9.12. The highest BCUT2D eigenvalue weighted by molar-refractivity contribution is 6.00. The van der Waals surface area contributed by atoms with Crippen LogP contribution in [0.3, 0.4) is 0 Å². The number of anilines is 1. The Morgan fingerprint density at radius 3 is 2.38 bits per heavy atom. The molecule has 42 heavy (non-hydrogen) atoms. The van der Waals surface area contributed by atoms with E-state index in [1.54, 1.807) is 30.6 Å². The van der Waals surface area contributed by atoms with Crippen molar-refractivity contribution in [2.75, 3.05) is 11.9 Å². The minimum atomic E-state index is -0.506. The molecule has 2 fully saturated rings. The fourth-order valence-corrected chi connectivity index (χ4v) is 6.41. The number of aryl methyl sites for hydroxylation is 1. The van der Waals surface area contributed by atoms with Crippen LogP contribution >= 0.6 is 0 Å². The monoisotopic (exact) mass is 569 g/mol. The highest BCUT2D eigenvalue weighted by atomic mass is 16.2. The summed E-state index contributed by atoms with van der Waals surface area (Å²) < 4.78 is 1.86. The first-order chi connectivity index (χ1) is 20.1. The number of hydrogen-bond acceptors (Lipinski definition) is 6. The molecule has 0 bridgehead atoms.